The number of thioether (sulfide) groups is 1. The molecule has 0 aliphatic heterocycles. The van der Waals surface area contributed by atoms with Gasteiger partial charge in [-0.2, -0.15) is 0 Å². The molecule has 0 amide bonds. The van der Waals surface area contributed by atoms with E-state index in [1.165, 1.54) is 12.1 Å². The topological polar surface area (TPSA) is 50.9 Å². The minimum atomic E-state index is -0.215. The molecular formula is C14H16FN3S. The van der Waals surface area contributed by atoms with E-state index in [-0.39, 0.29) is 11.9 Å². The predicted octanol–water partition coefficient (Wildman–Crippen LogP) is 2.39. The highest BCUT2D eigenvalue weighted by Crippen LogP contribution is 2.19. The third-order valence-electron chi connectivity index (χ3n) is 2.71. The van der Waals surface area contributed by atoms with Gasteiger partial charge in [-0.3, -0.25) is 16.3 Å². The maximum absolute atomic E-state index is 12.8. The van der Waals surface area contributed by atoms with Crippen molar-refractivity contribution in [1.82, 2.24) is 10.4 Å². The molecule has 0 bridgehead atoms. The third-order valence-corrected chi connectivity index (χ3v) is 3.88. The number of halogens is 1. The number of aromatic nitrogens is 1. The highest BCUT2D eigenvalue weighted by atomic mass is 32.2. The van der Waals surface area contributed by atoms with E-state index in [1.807, 2.05) is 18.3 Å². The van der Waals surface area contributed by atoms with Gasteiger partial charge in [0.2, 0.25) is 0 Å². The zero-order valence-electron chi connectivity index (χ0n) is 10.4. The second-order valence-corrected chi connectivity index (χ2v) is 5.29. The van der Waals surface area contributed by atoms with Crippen LogP contribution in [0.5, 0.6) is 0 Å². The lowest BCUT2D eigenvalue weighted by Gasteiger charge is -2.15. The van der Waals surface area contributed by atoms with E-state index in [0.29, 0.717) is 0 Å². The first-order valence-electron chi connectivity index (χ1n) is 6.01. The van der Waals surface area contributed by atoms with Crippen molar-refractivity contribution in [2.45, 2.75) is 17.4 Å². The van der Waals surface area contributed by atoms with Crippen LogP contribution in [-0.2, 0) is 6.42 Å². The minimum Gasteiger partial charge on any atom is -0.271 e. The molecule has 0 spiro atoms. The van der Waals surface area contributed by atoms with E-state index in [9.17, 15) is 4.39 Å². The summed E-state index contributed by atoms with van der Waals surface area (Å²) >= 11 is 1.65. The molecule has 1 aromatic carbocycles. The number of nitrogens with one attached hydrogen (secondary N) is 1. The Labute approximate surface area is 116 Å². The number of benzene rings is 1. The number of nitrogens with zero attached hydrogens (tertiary/aromatic N) is 1. The van der Waals surface area contributed by atoms with Gasteiger partial charge in [0.15, 0.2) is 0 Å². The molecule has 3 nitrogen and oxygen atoms in total. The first-order chi connectivity index (χ1) is 9.28. The van der Waals surface area contributed by atoms with E-state index in [4.69, 9.17) is 5.84 Å². The average molecular weight is 277 g/mol. The van der Waals surface area contributed by atoms with Crippen LogP contribution in [0.15, 0.2) is 53.7 Å². The fraction of sp³-hybridized carbons (Fsp3) is 0.214. The fourth-order valence-corrected chi connectivity index (χ4v) is 2.63. The van der Waals surface area contributed by atoms with Crippen LogP contribution in [0.2, 0.25) is 0 Å². The molecule has 0 aliphatic rings. The van der Waals surface area contributed by atoms with Gasteiger partial charge in [0, 0.05) is 29.1 Å². The summed E-state index contributed by atoms with van der Waals surface area (Å²) in [5.74, 6) is 6.17. The van der Waals surface area contributed by atoms with Crippen molar-refractivity contribution in [3.8, 4) is 0 Å². The summed E-state index contributed by atoms with van der Waals surface area (Å²) in [6, 6.07) is 10.6. The van der Waals surface area contributed by atoms with Crippen LogP contribution in [0.25, 0.3) is 0 Å². The third kappa shape index (κ3) is 4.63. The van der Waals surface area contributed by atoms with Gasteiger partial charge in [0.1, 0.15) is 5.82 Å². The number of hydrogen-bond donors (Lipinski definition) is 2. The standard InChI is InChI=1S/C14H16FN3S/c15-12-3-5-14(6-4-12)19-10-13(18-16)8-11-2-1-7-17-9-11/h1-7,9,13,18H,8,10,16H2. The smallest absolute Gasteiger partial charge is 0.123 e. The maximum atomic E-state index is 12.8. The molecule has 19 heavy (non-hydrogen) atoms. The van der Waals surface area contributed by atoms with Crippen molar-refractivity contribution in [2.75, 3.05) is 5.75 Å². The summed E-state index contributed by atoms with van der Waals surface area (Å²) in [4.78, 5) is 5.12. The Balaban J connectivity index is 1.87. The van der Waals surface area contributed by atoms with Gasteiger partial charge in [-0.25, -0.2) is 4.39 Å². The van der Waals surface area contributed by atoms with Crippen LogP contribution >= 0.6 is 11.8 Å². The highest BCUT2D eigenvalue weighted by Gasteiger charge is 2.08. The van der Waals surface area contributed by atoms with E-state index in [2.05, 4.69) is 10.4 Å². The molecule has 1 aromatic heterocycles. The first kappa shape index (κ1) is 14.0. The van der Waals surface area contributed by atoms with E-state index >= 15 is 0 Å². The molecule has 5 heteroatoms. The van der Waals surface area contributed by atoms with Crippen LogP contribution in [0, 0.1) is 5.82 Å². The Morgan fingerprint density at radius 1 is 1.26 bits per heavy atom. The largest absolute Gasteiger partial charge is 0.271 e. The summed E-state index contributed by atoms with van der Waals surface area (Å²) in [5.41, 5.74) is 3.95. The summed E-state index contributed by atoms with van der Waals surface area (Å²) < 4.78 is 12.8. The van der Waals surface area contributed by atoms with Crippen LogP contribution in [0.1, 0.15) is 5.56 Å². The summed E-state index contributed by atoms with van der Waals surface area (Å²) in [6.45, 7) is 0. The second kappa shape index (κ2) is 7.23. The predicted molar refractivity (Wildman–Crippen MR) is 76.2 cm³/mol. The molecule has 0 saturated carbocycles. The van der Waals surface area contributed by atoms with Gasteiger partial charge >= 0.3 is 0 Å². The lowest BCUT2D eigenvalue weighted by atomic mass is 10.1. The Morgan fingerprint density at radius 3 is 2.68 bits per heavy atom. The Kier molecular flexibility index (Phi) is 5.32. The molecule has 0 saturated heterocycles. The van der Waals surface area contributed by atoms with Gasteiger partial charge in [0.25, 0.3) is 0 Å². The van der Waals surface area contributed by atoms with Gasteiger partial charge in [-0.15, -0.1) is 11.8 Å². The fourth-order valence-electron chi connectivity index (χ4n) is 1.70. The molecule has 3 N–H and O–H groups in total. The second-order valence-electron chi connectivity index (χ2n) is 4.19. The van der Waals surface area contributed by atoms with E-state index in [0.717, 1.165) is 22.6 Å². The Morgan fingerprint density at radius 2 is 2.05 bits per heavy atom. The van der Waals surface area contributed by atoms with Crippen molar-refractivity contribution in [2.24, 2.45) is 5.84 Å². The molecule has 0 radical (unpaired) electrons. The van der Waals surface area contributed by atoms with Crippen molar-refractivity contribution >= 4 is 11.8 Å². The zero-order chi connectivity index (χ0) is 13.5. The minimum absolute atomic E-state index is 0.152. The van der Waals surface area contributed by atoms with Gasteiger partial charge in [-0.1, -0.05) is 6.07 Å². The number of pyridine rings is 1. The molecular weight excluding hydrogens is 261 g/mol. The van der Waals surface area contributed by atoms with Crippen LogP contribution in [-0.4, -0.2) is 16.8 Å². The average Bonchev–Trinajstić information content (AvgIpc) is 2.46. The highest BCUT2D eigenvalue weighted by molar-refractivity contribution is 7.99. The molecule has 1 unspecified atom stereocenters. The van der Waals surface area contributed by atoms with E-state index < -0.39 is 0 Å². The van der Waals surface area contributed by atoms with E-state index in [1.54, 1.807) is 30.1 Å². The quantitative estimate of drug-likeness (QED) is 0.483. The lowest BCUT2D eigenvalue weighted by molar-refractivity contribution is 0.574. The molecule has 1 atom stereocenters. The van der Waals surface area contributed by atoms with Gasteiger partial charge in [0.05, 0.1) is 0 Å². The molecule has 0 aliphatic carbocycles. The first-order valence-corrected chi connectivity index (χ1v) is 7.00. The molecule has 2 rings (SSSR count). The number of nitrogens with two attached hydrogens (primary N) is 1. The number of hydrazine groups is 1. The monoisotopic (exact) mass is 277 g/mol. The summed E-state index contributed by atoms with van der Waals surface area (Å²) in [5, 5.41) is 0. The normalized spacial score (nSPS) is 12.3. The lowest BCUT2D eigenvalue weighted by Crippen LogP contribution is -2.38. The van der Waals surface area contributed by atoms with Crippen LogP contribution < -0.4 is 11.3 Å². The molecule has 0 fully saturated rings. The van der Waals surface area contributed by atoms with Gasteiger partial charge in [-0.05, 0) is 42.3 Å². The Hall–Kier alpha value is -1.43. The molecule has 2 aromatic rings. The Bertz CT molecular complexity index is 490. The zero-order valence-corrected chi connectivity index (χ0v) is 11.2. The maximum Gasteiger partial charge on any atom is 0.123 e. The van der Waals surface area contributed by atoms with Crippen LogP contribution in [0.3, 0.4) is 0 Å². The van der Waals surface area contributed by atoms with Crippen molar-refractivity contribution in [1.29, 1.82) is 0 Å². The van der Waals surface area contributed by atoms with Crippen molar-refractivity contribution in [3.63, 3.8) is 0 Å². The van der Waals surface area contributed by atoms with Crippen molar-refractivity contribution < 1.29 is 4.39 Å². The summed E-state index contributed by atoms with van der Waals surface area (Å²) in [6.07, 6.45) is 4.41. The van der Waals surface area contributed by atoms with Gasteiger partial charge < -0.3 is 0 Å². The van der Waals surface area contributed by atoms with Crippen molar-refractivity contribution in [3.05, 3.63) is 60.2 Å². The number of hydrogen-bond acceptors (Lipinski definition) is 4. The summed E-state index contributed by atoms with van der Waals surface area (Å²) in [7, 11) is 0. The number of rotatable bonds is 6. The SMILES string of the molecule is NNC(CSc1ccc(F)cc1)Cc1cccnc1. The van der Waals surface area contributed by atoms with Crippen LogP contribution in [0.4, 0.5) is 4.39 Å². The molecule has 1 heterocycles. The molecule has 100 valence electrons.